The number of carbonyl (C=O) groups is 1. The van der Waals surface area contributed by atoms with E-state index in [1.165, 1.54) is 18.0 Å². The number of hydrogen-bond acceptors (Lipinski definition) is 4. The van der Waals surface area contributed by atoms with Crippen LogP contribution in [0.5, 0.6) is 0 Å². The molecule has 0 radical (unpaired) electrons. The van der Waals surface area contributed by atoms with Crippen molar-refractivity contribution in [1.82, 2.24) is 9.97 Å². The van der Waals surface area contributed by atoms with E-state index in [4.69, 9.17) is 0 Å². The average Bonchev–Trinajstić information content (AvgIpc) is 2.42. The van der Waals surface area contributed by atoms with Gasteiger partial charge in [0.25, 0.3) is 5.91 Å². The molecule has 4 nitrogen and oxygen atoms in total. The van der Waals surface area contributed by atoms with E-state index < -0.39 is 17.5 Å². The lowest BCUT2D eigenvalue weighted by Gasteiger charge is -2.08. The van der Waals surface area contributed by atoms with Crippen molar-refractivity contribution in [2.24, 2.45) is 0 Å². The maximum atomic E-state index is 13.4. The molecular weight excluding hydrogens is 284 g/mol. The van der Waals surface area contributed by atoms with E-state index >= 15 is 0 Å². The summed E-state index contributed by atoms with van der Waals surface area (Å²) >= 11 is 1.35. The van der Waals surface area contributed by atoms with Gasteiger partial charge in [0.05, 0.1) is 16.9 Å². The molecule has 20 heavy (non-hydrogen) atoms. The van der Waals surface area contributed by atoms with E-state index in [0.717, 1.165) is 18.2 Å². The lowest BCUT2D eigenvalue weighted by molar-refractivity contribution is 0.102. The first kappa shape index (κ1) is 14.4. The highest BCUT2D eigenvalue weighted by Gasteiger charge is 2.14. The molecule has 1 heterocycles. The summed E-state index contributed by atoms with van der Waals surface area (Å²) in [5, 5.41) is 2.84. The van der Waals surface area contributed by atoms with Gasteiger partial charge in [-0.1, -0.05) is 11.8 Å². The molecule has 0 bridgehead atoms. The molecule has 0 saturated heterocycles. The maximum Gasteiger partial charge on any atom is 0.259 e. The second kappa shape index (κ2) is 5.96. The van der Waals surface area contributed by atoms with E-state index in [-0.39, 0.29) is 11.3 Å². The Kier molecular flexibility index (Phi) is 4.29. The van der Waals surface area contributed by atoms with Gasteiger partial charge in [-0.15, -0.1) is 0 Å². The summed E-state index contributed by atoms with van der Waals surface area (Å²) in [6.45, 7) is 1.65. The minimum Gasteiger partial charge on any atom is -0.319 e. The normalized spacial score (nSPS) is 10.4. The van der Waals surface area contributed by atoms with Crippen molar-refractivity contribution < 1.29 is 13.6 Å². The number of halogens is 2. The average molecular weight is 295 g/mol. The number of thioether (sulfide) groups is 1. The van der Waals surface area contributed by atoms with Crippen molar-refractivity contribution >= 4 is 23.4 Å². The van der Waals surface area contributed by atoms with Crippen LogP contribution in [0.1, 0.15) is 16.1 Å². The molecule has 7 heteroatoms. The number of nitrogens with zero attached hydrogens (tertiary/aromatic N) is 2. The Morgan fingerprint density at radius 3 is 2.75 bits per heavy atom. The molecule has 104 valence electrons. The molecule has 1 N–H and O–H groups in total. The molecule has 0 spiro atoms. The zero-order valence-corrected chi connectivity index (χ0v) is 11.6. The first-order valence-corrected chi connectivity index (χ1v) is 6.87. The second-order valence-electron chi connectivity index (χ2n) is 3.93. The predicted molar refractivity (Wildman–Crippen MR) is 72.9 cm³/mol. The Morgan fingerprint density at radius 1 is 1.35 bits per heavy atom. The van der Waals surface area contributed by atoms with E-state index in [2.05, 4.69) is 15.3 Å². The third-order valence-corrected chi connectivity index (χ3v) is 3.12. The molecule has 2 aromatic rings. The molecule has 0 aliphatic carbocycles. The standard InChI is InChI=1S/C13H11F2N3OS/c1-7-9(6-16-13(17-7)20-2)12(19)18-11-5-8(14)3-4-10(11)15/h3-6H,1-2H3,(H,18,19). The number of carbonyl (C=O) groups excluding carboxylic acids is 1. The SMILES string of the molecule is CSc1ncc(C(=O)Nc2cc(F)ccc2F)c(C)n1. The topological polar surface area (TPSA) is 54.9 Å². The minimum atomic E-state index is -0.709. The lowest BCUT2D eigenvalue weighted by atomic mass is 10.2. The summed E-state index contributed by atoms with van der Waals surface area (Å²) in [5.41, 5.74) is 0.466. The Balaban J connectivity index is 2.26. The van der Waals surface area contributed by atoms with Crippen LogP contribution in [0.15, 0.2) is 29.6 Å². The molecule has 1 aromatic carbocycles. The highest BCUT2D eigenvalue weighted by atomic mass is 32.2. The quantitative estimate of drug-likeness (QED) is 0.698. The molecule has 0 atom stereocenters. The molecule has 0 saturated carbocycles. The molecule has 0 unspecified atom stereocenters. The van der Waals surface area contributed by atoms with Crippen LogP contribution in [0.2, 0.25) is 0 Å². The van der Waals surface area contributed by atoms with Gasteiger partial charge in [0.15, 0.2) is 5.16 Å². The van der Waals surface area contributed by atoms with Crippen LogP contribution < -0.4 is 5.32 Å². The Labute approximate surface area is 118 Å². The smallest absolute Gasteiger partial charge is 0.259 e. The van der Waals surface area contributed by atoms with Crippen molar-refractivity contribution in [1.29, 1.82) is 0 Å². The van der Waals surface area contributed by atoms with Gasteiger partial charge in [0, 0.05) is 12.3 Å². The molecule has 1 aromatic heterocycles. The number of nitrogens with one attached hydrogen (secondary N) is 1. The Hall–Kier alpha value is -2.02. The molecule has 1 amide bonds. The number of aryl methyl sites for hydroxylation is 1. The zero-order chi connectivity index (χ0) is 14.7. The van der Waals surface area contributed by atoms with Crippen LogP contribution in [0.4, 0.5) is 14.5 Å². The minimum absolute atomic E-state index is 0.214. The summed E-state index contributed by atoms with van der Waals surface area (Å²) in [4.78, 5) is 20.1. The zero-order valence-electron chi connectivity index (χ0n) is 10.8. The van der Waals surface area contributed by atoms with Gasteiger partial charge in [-0.2, -0.15) is 0 Å². The molecule has 0 fully saturated rings. The van der Waals surface area contributed by atoms with Crippen LogP contribution >= 0.6 is 11.8 Å². The number of amides is 1. The fourth-order valence-electron chi connectivity index (χ4n) is 1.55. The third-order valence-electron chi connectivity index (χ3n) is 2.56. The molecule has 0 aliphatic rings. The third kappa shape index (κ3) is 3.11. The number of anilines is 1. The van der Waals surface area contributed by atoms with Crippen molar-refractivity contribution in [3.63, 3.8) is 0 Å². The van der Waals surface area contributed by atoms with Gasteiger partial charge >= 0.3 is 0 Å². The molecular formula is C13H11F2N3OS. The van der Waals surface area contributed by atoms with E-state index in [1.807, 2.05) is 6.26 Å². The van der Waals surface area contributed by atoms with E-state index in [9.17, 15) is 13.6 Å². The highest BCUT2D eigenvalue weighted by molar-refractivity contribution is 7.98. The van der Waals surface area contributed by atoms with Crippen LogP contribution in [0.3, 0.4) is 0 Å². The fraction of sp³-hybridized carbons (Fsp3) is 0.154. The van der Waals surface area contributed by atoms with Crippen molar-refractivity contribution in [3.05, 3.63) is 47.3 Å². The number of benzene rings is 1. The van der Waals surface area contributed by atoms with Crippen molar-refractivity contribution in [3.8, 4) is 0 Å². The van der Waals surface area contributed by atoms with Crippen molar-refractivity contribution in [2.45, 2.75) is 12.1 Å². The summed E-state index contributed by atoms with van der Waals surface area (Å²) in [7, 11) is 0. The van der Waals surface area contributed by atoms with Crippen LogP contribution in [0.25, 0.3) is 0 Å². The van der Waals surface area contributed by atoms with E-state index in [1.54, 1.807) is 6.92 Å². The van der Waals surface area contributed by atoms with Crippen LogP contribution in [-0.2, 0) is 0 Å². The van der Waals surface area contributed by atoms with Crippen molar-refractivity contribution in [2.75, 3.05) is 11.6 Å². The number of rotatable bonds is 3. The second-order valence-corrected chi connectivity index (χ2v) is 4.71. The van der Waals surface area contributed by atoms with Gasteiger partial charge in [-0.3, -0.25) is 4.79 Å². The number of aromatic nitrogens is 2. The summed E-state index contributed by atoms with van der Waals surface area (Å²) in [6, 6.07) is 2.84. The largest absolute Gasteiger partial charge is 0.319 e. The lowest BCUT2D eigenvalue weighted by Crippen LogP contribution is -2.16. The Bertz CT molecular complexity index is 664. The van der Waals surface area contributed by atoms with Gasteiger partial charge in [-0.05, 0) is 25.3 Å². The fourth-order valence-corrected chi connectivity index (χ4v) is 1.94. The first-order chi connectivity index (χ1) is 9.51. The first-order valence-electron chi connectivity index (χ1n) is 5.65. The maximum absolute atomic E-state index is 13.4. The van der Waals surface area contributed by atoms with Gasteiger partial charge in [0.2, 0.25) is 0 Å². The molecule has 0 aliphatic heterocycles. The van der Waals surface area contributed by atoms with Crippen LogP contribution in [-0.4, -0.2) is 22.1 Å². The monoisotopic (exact) mass is 295 g/mol. The van der Waals surface area contributed by atoms with E-state index in [0.29, 0.717) is 10.9 Å². The van der Waals surface area contributed by atoms with Gasteiger partial charge in [0.1, 0.15) is 11.6 Å². The summed E-state index contributed by atoms with van der Waals surface area (Å²) in [5.74, 6) is -1.92. The predicted octanol–water partition coefficient (Wildman–Crippen LogP) is 3.04. The Morgan fingerprint density at radius 2 is 2.10 bits per heavy atom. The van der Waals surface area contributed by atoms with Crippen LogP contribution in [0, 0.1) is 18.6 Å². The summed E-state index contributed by atoms with van der Waals surface area (Å²) in [6.07, 6.45) is 3.18. The molecule has 2 rings (SSSR count). The van der Waals surface area contributed by atoms with Gasteiger partial charge in [-0.25, -0.2) is 18.7 Å². The van der Waals surface area contributed by atoms with Gasteiger partial charge < -0.3 is 5.32 Å². The summed E-state index contributed by atoms with van der Waals surface area (Å²) < 4.78 is 26.5. The number of hydrogen-bond donors (Lipinski definition) is 1. The highest BCUT2D eigenvalue weighted by Crippen LogP contribution is 2.17.